The summed E-state index contributed by atoms with van der Waals surface area (Å²) in [6.07, 6.45) is 0. The first-order chi connectivity index (χ1) is 10.1. The molecule has 4 nitrogen and oxygen atoms in total. The second kappa shape index (κ2) is 7.08. The van der Waals surface area contributed by atoms with Crippen LogP contribution in [0.25, 0.3) is 0 Å². The third-order valence-corrected chi connectivity index (χ3v) is 3.89. The molecule has 0 atom stereocenters. The molecular weight excluding hydrogens is 291 g/mol. The van der Waals surface area contributed by atoms with Crippen LogP contribution in [0.1, 0.15) is 12.5 Å². The maximum absolute atomic E-state index is 13.1. The highest BCUT2D eigenvalue weighted by molar-refractivity contribution is 7.98. The second-order valence-corrected chi connectivity index (χ2v) is 5.43. The molecule has 0 unspecified atom stereocenters. The second-order valence-electron chi connectivity index (χ2n) is 4.38. The monoisotopic (exact) mass is 306 g/mol. The largest absolute Gasteiger partial charge is 0.380 e. The molecule has 2 aromatic carbocycles. The van der Waals surface area contributed by atoms with Crippen LogP contribution < -0.4 is 5.32 Å². The van der Waals surface area contributed by atoms with Gasteiger partial charge >= 0.3 is 0 Å². The van der Waals surface area contributed by atoms with E-state index >= 15 is 0 Å². The van der Waals surface area contributed by atoms with Crippen molar-refractivity contribution in [2.75, 3.05) is 11.9 Å². The molecule has 2 rings (SSSR count). The number of benzene rings is 2. The number of anilines is 1. The zero-order valence-corrected chi connectivity index (χ0v) is 12.3. The molecule has 1 N–H and O–H groups in total. The Morgan fingerprint density at radius 2 is 2.10 bits per heavy atom. The standard InChI is InChI=1S/C15H15FN2O2S/c1-2-17-14-7-6-11(8-15(14)18(19)20)10-21-13-5-3-4-12(16)9-13/h3-9,17H,2,10H2,1H3. The molecule has 0 amide bonds. The van der Waals surface area contributed by atoms with E-state index in [4.69, 9.17) is 0 Å². The first kappa shape index (κ1) is 15.3. The van der Waals surface area contributed by atoms with Crippen molar-refractivity contribution in [3.8, 4) is 0 Å². The van der Waals surface area contributed by atoms with Crippen LogP contribution in [0, 0.1) is 15.9 Å². The minimum Gasteiger partial charge on any atom is -0.380 e. The summed E-state index contributed by atoms with van der Waals surface area (Å²) < 4.78 is 13.1. The van der Waals surface area contributed by atoms with Gasteiger partial charge in [0.15, 0.2) is 0 Å². The highest BCUT2D eigenvalue weighted by Gasteiger charge is 2.14. The van der Waals surface area contributed by atoms with E-state index in [2.05, 4.69) is 5.32 Å². The smallest absolute Gasteiger partial charge is 0.292 e. The minimum atomic E-state index is -0.394. The third kappa shape index (κ3) is 4.19. The summed E-state index contributed by atoms with van der Waals surface area (Å²) in [6.45, 7) is 2.51. The van der Waals surface area contributed by atoms with Crippen molar-refractivity contribution < 1.29 is 9.31 Å². The first-order valence-corrected chi connectivity index (χ1v) is 7.48. The van der Waals surface area contributed by atoms with Crippen LogP contribution in [0.4, 0.5) is 15.8 Å². The van der Waals surface area contributed by atoms with E-state index in [0.717, 1.165) is 10.5 Å². The normalized spacial score (nSPS) is 10.4. The van der Waals surface area contributed by atoms with Gasteiger partial charge in [0, 0.05) is 23.3 Å². The molecule has 0 radical (unpaired) electrons. The van der Waals surface area contributed by atoms with E-state index in [-0.39, 0.29) is 11.5 Å². The first-order valence-electron chi connectivity index (χ1n) is 6.49. The fraction of sp³-hybridized carbons (Fsp3) is 0.200. The highest BCUT2D eigenvalue weighted by atomic mass is 32.2. The van der Waals surface area contributed by atoms with Gasteiger partial charge in [0.1, 0.15) is 11.5 Å². The van der Waals surface area contributed by atoms with E-state index < -0.39 is 4.92 Å². The molecule has 0 aliphatic rings. The molecule has 2 aromatic rings. The van der Waals surface area contributed by atoms with Crippen molar-refractivity contribution in [3.63, 3.8) is 0 Å². The molecule has 0 heterocycles. The number of nitrogens with zero attached hydrogens (tertiary/aromatic N) is 1. The summed E-state index contributed by atoms with van der Waals surface area (Å²) in [4.78, 5) is 11.5. The van der Waals surface area contributed by atoms with Gasteiger partial charge in [-0.2, -0.15) is 0 Å². The Balaban J connectivity index is 2.13. The van der Waals surface area contributed by atoms with Gasteiger partial charge in [-0.1, -0.05) is 12.1 Å². The molecule has 0 aliphatic heterocycles. The maximum Gasteiger partial charge on any atom is 0.292 e. The number of halogens is 1. The molecule has 0 saturated carbocycles. The van der Waals surface area contributed by atoms with E-state index in [9.17, 15) is 14.5 Å². The predicted octanol–water partition coefficient (Wildman–Crippen LogP) is 4.46. The van der Waals surface area contributed by atoms with Crippen LogP contribution in [-0.4, -0.2) is 11.5 Å². The topological polar surface area (TPSA) is 55.2 Å². The molecule has 110 valence electrons. The number of thioether (sulfide) groups is 1. The molecule has 0 spiro atoms. The minimum absolute atomic E-state index is 0.0641. The van der Waals surface area contributed by atoms with E-state index in [1.807, 2.05) is 19.1 Å². The van der Waals surface area contributed by atoms with Gasteiger partial charge in [0.2, 0.25) is 0 Å². The zero-order chi connectivity index (χ0) is 15.2. The van der Waals surface area contributed by atoms with Crippen LogP contribution in [0.2, 0.25) is 0 Å². The van der Waals surface area contributed by atoms with Gasteiger partial charge in [-0.3, -0.25) is 10.1 Å². The number of nitro benzene ring substituents is 1. The molecular formula is C15H15FN2O2S. The Bertz CT molecular complexity index is 649. The lowest BCUT2D eigenvalue weighted by molar-refractivity contribution is -0.384. The molecule has 0 fully saturated rings. The molecule has 0 bridgehead atoms. The van der Waals surface area contributed by atoms with Gasteiger partial charge in [0.05, 0.1) is 4.92 Å². The fourth-order valence-corrected chi connectivity index (χ4v) is 2.77. The van der Waals surface area contributed by atoms with Gasteiger partial charge in [-0.25, -0.2) is 4.39 Å². The van der Waals surface area contributed by atoms with Crippen molar-refractivity contribution >= 4 is 23.1 Å². The Labute approximate surface area is 126 Å². The summed E-state index contributed by atoms with van der Waals surface area (Å²) in [5.41, 5.74) is 1.41. The van der Waals surface area contributed by atoms with Crippen LogP contribution in [0.3, 0.4) is 0 Å². The van der Waals surface area contributed by atoms with Crippen molar-refractivity contribution in [1.29, 1.82) is 0 Å². The number of hydrogen-bond donors (Lipinski definition) is 1. The van der Waals surface area contributed by atoms with Gasteiger partial charge < -0.3 is 5.32 Å². The Kier molecular flexibility index (Phi) is 5.16. The highest BCUT2D eigenvalue weighted by Crippen LogP contribution is 2.29. The summed E-state index contributed by atoms with van der Waals surface area (Å²) in [5.74, 6) is 0.268. The van der Waals surface area contributed by atoms with Gasteiger partial charge in [-0.15, -0.1) is 11.8 Å². The van der Waals surface area contributed by atoms with Crippen molar-refractivity contribution in [2.45, 2.75) is 17.6 Å². The molecule has 6 heteroatoms. The van der Waals surface area contributed by atoms with Crippen LogP contribution in [0.5, 0.6) is 0 Å². The average Bonchev–Trinajstić information content (AvgIpc) is 2.46. The van der Waals surface area contributed by atoms with Gasteiger partial charge in [0.25, 0.3) is 5.69 Å². The SMILES string of the molecule is CCNc1ccc(CSc2cccc(F)c2)cc1[N+](=O)[O-]. The van der Waals surface area contributed by atoms with E-state index in [1.54, 1.807) is 18.2 Å². The number of nitro groups is 1. The Morgan fingerprint density at radius 3 is 2.76 bits per heavy atom. The summed E-state index contributed by atoms with van der Waals surface area (Å²) in [7, 11) is 0. The molecule has 21 heavy (non-hydrogen) atoms. The maximum atomic E-state index is 13.1. The predicted molar refractivity (Wildman–Crippen MR) is 83.2 cm³/mol. The summed E-state index contributed by atoms with van der Waals surface area (Å²) in [5, 5.41) is 14.0. The Hall–Kier alpha value is -2.08. The van der Waals surface area contributed by atoms with Crippen LogP contribution in [-0.2, 0) is 5.75 Å². The van der Waals surface area contributed by atoms with Crippen molar-refractivity contribution in [2.24, 2.45) is 0 Å². The number of rotatable bonds is 6. The Morgan fingerprint density at radius 1 is 1.29 bits per heavy atom. The quantitative estimate of drug-likeness (QED) is 0.486. The lowest BCUT2D eigenvalue weighted by Crippen LogP contribution is -2.01. The number of nitrogens with one attached hydrogen (secondary N) is 1. The third-order valence-electron chi connectivity index (χ3n) is 2.83. The zero-order valence-electron chi connectivity index (χ0n) is 11.5. The molecule has 0 aliphatic carbocycles. The van der Waals surface area contributed by atoms with Crippen LogP contribution in [0.15, 0.2) is 47.4 Å². The van der Waals surface area contributed by atoms with Crippen molar-refractivity contribution in [1.82, 2.24) is 0 Å². The number of hydrogen-bond acceptors (Lipinski definition) is 4. The van der Waals surface area contributed by atoms with Gasteiger partial charge in [-0.05, 0) is 36.8 Å². The van der Waals surface area contributed by atoms with E-state index in [0.29, 0.717) is 18.0 Å². The molecule has 0 aromatic heterocycles. The summed E-state index contributed by atoms with van der Waals surface area (Å²) >= 11 is 1.44. The fourth-order valence-electron chi connectivity index (χ4n) is 1.88. The lowest BCUT2D eigenvalue weighted by Gasteiger charge is -2.07. The summed E-state index contributed by atoms with van der Waals surface area (Å²) in [6, 6.07) is 11.4. The van der Waals surface area contributed by atoms with Crippen LogP contribution >= 0.6 is 11.8 Å². The van der Waals surface area contributed by atoms with E-state index in [1.165, 1.54) is 23.9 Å². The average molecular weight is 306 g/mol. The lowest BCUT2D eigenvalue weighted by atomic mass is 10.2. The van der Waals surface area contributed by atoms with Crippen molar-refractivity contribution in [3.05, 3.63) is 64.0 Å². The molecule has 0 saturated heterocycles.